The summed E-state index contributed by atoms with van der Waals surface area (Å²) in [6.45, 7) is 2.24. The maximum absolute atomic E-state index is 3.51. The van der Waals surface area contributed by atoms with Crippen molar-refractivity contribution in [3.05, 3.63) is 70.3 Å². The average molecular weight is 279 g/mol. The number of aryl methyl sites for hydroxylation is 3. The fraction of sp³-hybridized carbons (Fsp3) is 0.400. The van der Waals surface area contributed by atoms with Crippen LogP contribution in [0.5, 0.6) is 0 Å². The standard InChI is InChI=1S/C20H25N/c1-3-16-7-4-5-10-19(16)20(21-2)14-15-11-12-17-8-6-9-18(17)13-15/h4-5,7,10-13,20-21H,3,6,8-9,14H2,1-2H3. The van der Waals surface area contributed by atoms with Crippen molar-refractivity contribution in [1.82, 2.24) is 5.32 Å². The predicted octanol–water partition coefficient (Wildman–Crippen LogP) is 4.24. The van der Waals surface area contributed by atoms with Gasteiger partial charge in [-0.2, -0.15) is 0 Å². The van der Waals surface area contributed by atoms with Gasteiger partial charge in [-0.1, -0.05) is 49.4 Å². The van der Waals surface area contributed by atoms with Gasteiger partial charge in [-0.25, -0.2) is 0 Å². The summed E-state index contributed by atoms with van der Waals surface area (Å²) in [4.78, 5) is 0. The van der Waals surface area contributed by atoms with Gasteiger partial charge in [-0.15, -0.1) is 0 Å². The lowest BCUT2D eigenvalue weighted by atomic mass is 9.93. The zero-order valence-corrected chi connectivity index (χ0v) is 13.2. The normalized spacial score (nSPS) is 15.0. The van der Waals surface area contributed by atoms with Gasteiger partial charge < -0.3 is 5.32 Å². The van der Waals surface area contributed by atoms with Crippen molar-refractivity contribution in [3.8, 4) is 0 Å². The number of likely N-dealkylation sites (N-methyl/N-ethyl adjacent to an activating group) is 1. The van der Waals surface area contributed by atoms with Gasteiger partial charge in [0.1, 0.15) is 0 Å². The van der Waals surface area contributed by atoms with Gasteiger partial charge in [0.25, 0.3) is 0 Å². The van der Waals surface area contributed by atoms with Gasteiger partial charge in [0, 0.05) is 6.04 Å². The van der Waals surface area contributed by atoms with E-state index in [1.54, 1.807) is 11.1 Å². The highest BCUT2D eigenvalue weighted by Gasteiger charge is 2.15. The minimum Gasteiger partial charge on any atom is -0.313 e. The minimum absolute atomic E-state index is 0.403. The van der Waals surface area contributed by atoms with Crippen molar-refractivity contribution in [1.29, 1.82) is 0 Å². The molecule has 1 nitrogen and oxygen atoms in total. The molecule has 1 aliphatic rings. The first-order valence-electron chi connectivity index (χ1n) is 8.17. The molecule has 1 atom stereocenters. The molecule has 0 saturated heterocycles. The molecule has 0 heterocycles. The Morgan fingerprint density at radius 2 is 1.86 bits per heavy atom. The minimum atomic E-state index is 0.403. The van der Waals surface area contributed by atoms with Crippen LogP contribution < -0.4 is 5.32 Å². The Kier molecular flexibility index (Phi) is 4.40. The quantitative estimate of drug-likeness (QED) is 0.863. The Balaban J connectivity index is 1.84. The lowest BCUT2D eigenvalue weighted by molar-refractivity contribution is 0.586. The number of fused-ring (bicyclic) bond motifs is 1. The van der Waals surface area contributed by atoms with Crippen LogP contribution in [0.15, 0.2) is 42.5 Å². The molecule has 1 N–H and O–H groups in total. The first-order valence-corrected chi connectivity index (χ1v) is 8.17. The predicted molar refractivity (Wildman–Crippen MR) is 89.8 cm³/mol. The van der Waals surface area contributed by atoms with Crippen LogP contribution in [0.25, 0.3) is 0 Å². The Bertz CT molecular complexity index is 615. The first kappa shape index (κ1) is 14.3. The highest BCUT2D eigenvalue weighted by molar-refractivity contribution is 5.37. The van der Waals surface area contributed by atoms with E-state index in [-0.39, 0.29) is 0 Å². The van der Waals surface area contributed by atoms with Gasteiger partial charge in [-0.3, -0.25) is 0 Å². The number of rotatable bonds is 5. The molecule has 0 saturated carbocycles. The van der Waals surface area contributed by atoms with E-state index in [1.165, 1.54) is 36.0 Å². The fourth-order valence-corrected chi connectivity index (χ4v) is 3.55. The second-order valence-corrected chi connectivity index (χ2v) is 6.05. The van der Waals surface area contributed by atoms with E-state index >= 15 is 0 Å². The zero-order valence-electron chi connectivity index (χ0n) is 13.2. The van der Waals surface area contributed by atoms with Crippen LogP contribution >= 0.6 is 0 Å². The van der Waals surface area contributed by atoms with E-state index in [1.807, 2.05) is 0 Å². The largest absolute Gasteiger partial charge is 0.313 e. The van der Waals surface area contributed by atoms with E-state index in [9.17, 15) is 0 Å². The SMILES string of the molecule is CCc1ccccc1C(Cc1ccc2c(c1)CCC2)NC. The lowest BCUT2D eigenvalue weighted by Crippen LogP contribution is -2.20. The van der Waals surface area contributed by atoms with Crippen LogP contribution in [0, 0.1) is 0 Å². The van der Waals surface area contributed by atoms with Crippen molar-refractivity contribution in [2.45, 2.75) is 45.1 Å². The maximum Gasteiger partial charge on any atom is 0.0361 e. The highest BCUT2D eigenvalue weighted by Crippen LogP contribution is 2.26. The molecule has 2 aromatic carbocycles. The molecule has 1 unspecified atom stereocenters. The van der Waals surface area contributed by atoms with Gasteiger partial charge >= 0.3 is 0 Å². The van der Waals surface area contributed by atoms with Crippen molar-refractivity contribution < 1.29 is 0 Å². The van der Waals surface area contributed by atoms with Crippen molar-refractivity contribution >= 4 is 0 Å². The van der Waals surface area contributed by atoms with E-state index in [2.05, 4.69) is 61.8 Å². The summed E-state index contributed by atoms with van der Waals surface area (Å²) in [5.74, 6) is 0. The fourth-order valence-electron chi connectivity index (χ4n) is 3.55. The van der Waals surface area contributed by atoms with Crippen LogP contribution in [-0.2, 0) is 25.7 Å². The third kappa shape index (κ3) is 3.03. The van der Waals surface area contributed by atoms with Crippen LogP contribution in [0.4, 0.5) is 0 Å². The third-order valence-corrected chi connectivity index (χ3v) is 4.76. The molecule has 0 spiro atoms. The summed E-state index contributed by atoms with van der Waals surface area (Å²) in [5, 5.41) is 3.51. The van der Waals surface area contributed by atoms with Crippen molar-refractivity contribution in [2.75, 3.05) is 7.05 Å². The second kappa shape index (κ2) is 6.44. The van der Waals surface area contributed by atoms with Crippen molar-refractivity contribution in [3.63, 3.8) is 0 Å². The molecular weight excluding hydrogens is 254 g/mol. The first-order chi connectivity index (χ1) is 10.3. The zero-order chi connectivity index (χ0) is 14.7. The van der Waals surface area contributed by atoms with E-state index in [0.717, 1.165) is 12.8 Å². The van der Waals surface area contributed by atoms with Gasteiger partial charge in [-0.05, 0) is 67.0 Å². The van der Waals surface area contributed by atoms with Crippen LogP contribution in [0.1, 0.15) is 47.2 Å². The lowest BCUT2D eigenvalue weighted by Gasteiger charge is -2.20. The smallest absolute Gasteiger partial charge is 0.0361 e. The van der Waals surface area contributed by atoms with E-state index in [0.29, 0.717) is 6.04 Å². The summed E-state index contributed by atoms with van der Waals surface area (Å²) in [7, 11) is 2.07. The Labute approximate surface area is 128 Å². The highest BCUT2D eigenvalue weighted by atomic mass is 14.9. The topological polar surface area (TPSA) is 12.0 Å². The summed E-state index contributed by atoms with van der Waals surface area (Å²) in [6, 6.07) is 16.3. The number of hydrogen-bond donors (Lipinski definition) is 1. The van der Waals surface area contributed by atoms with Gasteiger partial charge in [0.15, 0.2) is 0 Å². The van der Waals surface area contributed by atoms with E-state index in [4.69, 9.17) is 0 Å². The Morgan fingerprint density at radius 3 is 2.67 bits per heavy atom. The Hall–Kier alpha value is -1.60. The van der Waals surface area contributed by atoms with Crippen LogP contribution in [0.3, 0.4) is 0 Å². The van der Waals surface area contributed by atoms with Gasteiger partial charge in [0.2, 0.25) is 0 Å². The maximum atomic E-state index is 3.51. The molecule has 0 fully saturated rings. The van der Waals surface area contributed by atoms with E-state index < -0.39 is 0 Å². The molecule has 0 amide bonds. The van der Waals surface area contributed by atoms with Crippen LogP contribution in [-0.4, -0.2) is 7.05 Å². The van der Waals surface area contributed by atoms with Crippen molar-refractivity contribution in [2.24, 2.45) is 0 Å². The van der Waals surface area contributed by atoms with Crippen LogP contribution in [0.2, 0.25) is 0 Å². The summed E-state index contributed by atoms with van der Waals surface area (Å²) < 4.78 is 0. The monoisotopic (exact) mass is 279 g/mol. The Morgan fingerprint density at radius 1 is 1.05 bits per heavy atom. The number of benzene rings is 2. The molecule has 0 radical (unpaired) electrons. The summed E-state index contributed by atoms with van der Waals surface area (Å²) in [5.41, 5.74) is 7.50. The summed E-state index contributed by atoms with van der Waals surface area (Å²) >= 11 is 0. The molecule has 2 aromatic rings. The summed E-state index contributed by atoms with van der Waals surface area (Å²) in [6.07, 6.45) is 6.02. The second-order valence-electron chi connectivity index (χ2n) is 6.05. The van der Waals surface area contributed by atoms with Gasteiger partial charge in [0.05, 0.1) is 0 Å². The molecule has 0 aromatic heterocycles. The molecule has 0 aliphatic heterocycles. The molecule has 21 heavy (non-hydrogen) atoms. The molecule has 1 aliphatic carbocycles. The average Bonchev–Trinajstić information content (AvgIpc) is 3.00. The molecule has 1 heteroatoms. The molecule has 3 rings (SSSR count). The number of nitrogens with one attached hydrogen (secondary N) is 1. The number of hydrogen-bond acceptors (Lipinski definition) is 1. The molecule has 0 bridgehead atoms. The molecular formula is C20H25N. The molecule has 110 valence electrons. The third-order valence-electron chi connectivity index (χ3n) is 4.76.